The Morgan fingerprint density at radius 3 is 3.00 bits per heavy atom. The smallest absolute Gasteiger partial charge is 0.0645 e. The second-order valence-corrected chi connectivity index (χ2v) is 4.39. The summed E-state index contributed by atoms with van der Waals surface area (Å²) in [6.45, 7) is 0. The Balaban J connectivity index is 1.72. The minimum Gasteiger partial charge on any atom is -0.381 e. The van der Waals surface area contributed by atoms with Crippen molar-refractivity contribution in [3.8, 4) is 0 Å². The fraction of sp³-hybridized carbons (Fsp3) is 0.308. The third-order valence-electron chi connectivity index (χ3n) is 3.07. The number of aryl methyl sites for hydroxylation is 1. The zero-order valence-electron chi connectivity index (χ0n) is 9.35. The van der Waals surface area contributed by atoms with Crippen molar-refractivity contribution >= 4 is 5.69 Å². The van der Waals surface area contributed by atoms with Gasteiger partial charge >= 0.3 is 0 Å². The standard InChI is InChI=1S/C13H15N3/c1-16-7-6-11(15-16)9-12-8-10-4-2-3-5-13(10)14-12/h2-7,12,14H,8-9H2,1H3. The zero-order chi connectivity index (χ0) is 11.0. The van der Waals surface area contributed by atoms with E-state index in [0.29, 0.717) is 6.04 Å². The van der Waals surface area contributed by atoms with E-state index in [0.717, 1.165) is 18.5 Å². The van der Waals surface area contributed by atoms with Gasteiger partial charge in [-0.05, 0) is 24.1 Å². The molecule has 2 aromatic rings. The zero-order valence-corrected chi connectivity index (χ0v) is 9.35. The highest BCUT2D eigenvalue weighted by molar-refractivity contribution is 5.56. The molecule has 0 saturated heterocycles. The molecule has 0 saturated carbocycles. The molecule has 0 spiro atoms. The average Bonchev–Trinajstić information content (AvgIpc) is 2.84. The van der Waals surface area contributed by atoms with Crippen LogP contribution in [0.4, 0.5) is 5.69 Å². The highest BCUT2D eigenvalue weighted by atomic mass is 15.2. The summed E-state index contributed by atoms with van der Waals surface area (Å²) in [5, 5.41) is 7.96. The topological polar surface area (TPSA) is 29.9 Å². The largest absolute Gasteiger partial charge is 0.381 e. The SMILES string of the molecule is Cn1ccc(CC2Cc3ccccc3N2)n1. The molecule has 2 heterocycles. The van der Waals surface area contributed by atoms with Gasteiger partial charge in [0, 0.05) is 31.4 Å². The molecule has 0 radical (unpaired) electrons. The van der Waals surface area contributed by atoms with Crippen molar-refractivity contribution in [3.05, 3.63) is 47.8 Å². The predicted molar refractivity (Wildman–Crippen MR) is 64.5 cm³/mol. The third kappa shape index (κ3) is 1.69. The number of fused-ring (bicyclic) bond motifs is 1. The Morgan fingerprint density at radius 2 is 2.25 bits per heavy atom. The first kappa shape index (κ1) is 9.46. The van der Waals surface area contributed by atoms with Gasteiger partial charge in [-0.25, -0.2) is 0 Å². The molecule has 16 heavy (non-hydrogen) atoms. The van der Waals surface area contributed by atoms with Gasteiger partial charge in [0.2, 0.25) is 0 Å². The first-order valence-corrected chi connectivity index (χ1v) is 5.64. The molecule has 3 heteroatoms. The van der Waals surface area contributed by atoms with E-state index in [2.05, 4.69) is 40.7 Å². The first-order chi connectivity index (χ1) is 7.81. The van der Waals surface area contributed by atoms with Crippen molar-refractivity contribution in [2.45, 2.75) is 18.9 Å². The molecule has 0 bridgehead atoms. The number of aromatic nitrogens is 2. The highest BCUT2D eigenvalue weighted by Gasteiger charge is 2.20. The molecule has 0 amide bonds. The van der Waals surface area contributed by atoms with E-state index < -0.39 is 0 Å². The van der Waals surface area contributed by atoms with E-state index in [-0.39, 0.29) is 0 Å². The molecule has 3 rings (SSSR count). The van der Waals surface area contributed by atoms with Crippen LogP contribution in [0, 0.1) is 0 Å². The molecular formula is C13H15N3. The monoisotopic (exact) mass is 213 g/mol. The Kier molecular flexibility index (Phi) is 2.17. The van der Waals surface area contributed by atoms with E-state index in [4.69, 9.17) is 0 Å². The quantitative estimate of drug-likeness (QED) is 0.827. The maximum atomic E-state index is 4.41. The maximum Gasteiger partial charge on any atom is 0.0645 e. The van der Waals surface area contributed by atoms with Gasteiger partial charge < -0.3 is 5.32 Å². The Bertz CT molecular complexity index is 476. The van der Waals surface area contributed by atoms with Crippen molar-refractivity contribution in [1.82, 2.24) is 9.78 Å². The van der Waals surface area contributed by atoms with Crippen LogP contribution < -0.4 is 5.32 Å². The van der Waals surface area contributed by atoms with Gasteiger partial charge in [-0.3, -0.25) is 4.68 Å². The van der Waals surface area contributed by atoms with Crippen molar-refractivity contribution < 1.29 is 0 Å². The van der Waals surface area contributed by atoms with E-state index in [1.807, 2.05) is 17.9 Å². The lowest BCUT2D eigenvalue weighted by Crippen LogP contribution is -2.18. The molecule has 0 aliphatic carbocycles. The van der Waals surface area contributed by atoms with Crippen molar-refractivity contribution in [1.29, 1.82) is 0 Å². The summed E-state index contributed by atoms with van der Waals surface area (Å²) < 4.78 is 1.86. The average molecular weight is 213 g/mol. The maximum absolute atomic E-state index is 4.41. The van der Waals surface area contributed by atoms with Crippen LogP contribution in [0.1, 0.15) is 11.3 Å². The molecule has 82 valence electrons. The second kappa shape index (κ2) is 3.67. The van der Waals surface area contributed by atoms with Crippen LogP contribution in [0.3, 0.4) is 0 Å². The summed E-state index contributed by atoms with van der Waals surface area (Å²) in [4.78, 5) is 0. The summed E-state index contributed by atoms with van der Waals surface area (Å²) in [5.41, 5.74) is 3.86. The molecule has 1 aromatic carbocycles. The van der Waals surface area contributed by atoms with Crippen LogP contribution in [0.15, 0.2) is 36.5 Å². The number of rotatable bonds is 2. The van der Waals surface area contributed by atoms with E-state index in [1.165, 1.54) is 11.3 Å². The number of para-hydroxylation sites is 1. The Hall–Kier alpha value is -1.77. The van der Waals surface area contributed by atoms with Gasteiger partial charge in [0.05, 0.1) is 5.69 Å². The van der Waals surface area contributed by atoms with Crippen LogP contribution in [0.5, 0.6) is 0 Å². The van der Waals surface area contributed by atoms with Crippen LogP contribution in [-0.4, -0.2) is 15.8 Å². The summed E-state index contributed by atoms with van der Waals surface area (Å²) in [7, 11) is 1.96. The van der Waals surface area contributed by atoms with Gasteiger partial charge in [0.25, 0.3) is 0 Å². The van der Waals surface area contributed by atoms with E-state index in [1.54, 1.807) is 0 Å². The van der Waals surface area contributed by atoms with E-state index in [9.17, 15) is 0 Å². The first-order valence-electron chi connectivity index (χ1n) is 5.64. The summed E-state index contributed by atoms with van der Waals surface area (Å²) >= 11 is 0. The molecule has 1 aliphatic rings. The van der Waals surface area contributed by atoms with Crippen LogP contribution in [0.2, 0.25) is 0 Å². The van der Waals surface area contributed by atoms with Gasteiger partial charge in [-0.1, -0.05) is 18.2 Å². The molecule has 3 nitrogen and oxygen atoms in total. The van der Waals surface area contributed by atoms with Crippen LogP contribution in [0.25, 0.3) is 0 Å². The fourth-order valence-electron chi connectivity index (χ4n) is 2.32. The predicted octanol–water partition coefficient (Wildman–Crippen LogP) is 2.00. The molecule has 1 aromatic heterocycles. The second-order valence-electron chi connectivity index (χ2n) is 4.39. The number of nitrogens with one attached hydrogen (secondary N) is 1. The van der Waals surface area contributed by atoms with Gasteiger partial charge in [0.15, 0.2) is 0 Å². The Labute approximate surface area is 95.1 Å². The Morgan fingerprint density at radius 1 is 1.38 bits per heavy atom. The number of hydrogen-bond donors (Lipinski definition) is 1. The normalized spacial score (nSPS) is 18.2. The van der Waals surface area contributed by atoms with Crippen molar-refractivity contribution in [2.75, 3.05) is 5.32 Å². The number of nitrogens with zero attached hydrogens (tertiary/aromatic N) is 2. The van der Waals surface area contributed by atoms with Gasteiger partial charge in [-0.2, -0.15) is 5.10 Å². The minimum atomic E-state index is 0.493. The summed E-state index contributed by atoms with van der Waals surface area (Å²) in [6.07, 6.45) is 4.10. The number of benzene rings is 1. The molecule has 1 aliphatic heterocycles. The fourth-order valence-corrected chi connectivity index (χ4v) is 2.32. The van der Waals surface area contributed by atoms with Gasteiger partial charge in [-0.15, -0.1) is 0 Å². The lowest BCUT2D eigenvalue weighted by Gasteiger charge is -2.08. The van der Waals surface area contributed by atoms with Crippen molar-refractivity contribution in [2.24, 2.45) is 7.05 Å². The molecule has 0 fully saturated rings. The van der Waals surface area contributed by atoms with Gasteiger partial charge in [0.1, 0.15) is 0 Å². The highest BCUT2D eigenvalue weighted by Crippen LogP contribution is 2.26. The summed E-state index contributed by atoms with van der Waals surface area (Å²) in [5.74, 6) is 0. The van der Waals surface area contributed by atoms with Crippen molar-refractivity contribution in [3.63, 3.8) is 0 Å². The number of hydrogen-bond acceptors (Lipinski definition) is 2. The van der Waals surface area contributed by atoms with Crippen LogP contribution >= 0.6 is 0 Å². The lowest BCUT2D eigenvalue weighted by atomic mass is 10.1. The molecular weight excluding hydrogens is 198 g/mol. The summed E-state index contributed by atoms with van der Waals surface area (Å²) in [6, 6.07) is 11.1. The van der Waals surface area contributed by atoms with Crippen LogP contribution in [-0.2, 0) is 19.9 Å². The molecule has 1 unspecified atom stereocenters. The molecule has 1 N–H and O–H groups in total. The number of anilines is 1. The third-order valence-corrected chi connectivity index (χ3v) is 3.07. The van der Waals surface area contributed by atoms with E-state index >= 15 is 0 Å². The lowest BCUT2D eigenvalue weighted by molar-refractivity contribution is 0.691. The minimum absolute atomic E-state index is 0.493. The molecule has 1 atom stereocenters.